The molecule has 0 atom stereocenters. The van der Waals surface area contributed by atoms with Crippen LogP contribution in [0.25, 0.3) is 0 Å². The van der Waals surface area contributed by atoms with Crippen molar-refractivity contribution in [3.8, 4) is 0 Å². The van der Waals surface area contributed by atoms with Crippen LogP contribution >= 0.6 is 0 Å². The predicted octanol–water partition coefficient (Wildman–Crippen LogP) is -0.823. The summed E-state index contributed by atoms with van der Waals surface area (Å²) in [7, 11) is 0. The molecule has 1 rings (SSSR count). The van der Waals surface area contributed by atoms with E-state index in [0.29, 0.717) is 19.3 Å². The van der Waals surface area contributed by atoms with E-state index in [1.54, 1.807) is 0 Å². The molecule has 0 aromatic heterocycles. The first-order valence-electron chi connectivity index (χ1n) is 2.32. The summed E-state index contributed by atoms with van der Waals surface area (Å²) < 4.78 is 4.45. The van der Waals surface area contributed by atoms with Gasteiger partial charge in [0.05, 0.1) is 6.61 Å². The summed E-state index contributed by atoms with van der Waals surface area (Å²) in [5, 5.41) is 9.88. The number of ether oxygens (including phenoxy) is 1. The van der Waals surface area contributed by atoms with Crippen LogP contribution in [-0.4, -0.2) is 12.6 Å². The fourth-order valence-electron chi connectivity index (χ4n) is 0.555. The predicted molar refractivity (Wildman–Crippen MR) is 23.7 cm³/mol. The Morgan fingerprint density at radius 1 is 1.75 bits per heavy atom. The quantitative estimate of drug-likeness (QED) is 0.234. The highest BCUT2D eigenvalue weighted by Crippen LogP contribution is 2.09. The van der Waals surface area contributed by atoms with Crippen LogP contribution in [0.1, 0.15) is 6.42 Å². The number of carbonyl (C=O) groups is 1. The highest BCUT2D eigenvalue weighted by molar-refractivity contribution is 5.89. The molecule has 1 aliphatic heterocycles. The first-order chi connectivity index (χ1) is 3.84. The van der Waals surface area contributed by atoms with Gasteiger partial charge in [0.1, 0.15) is 0 Å². The number of hydrogen-bond donors (Lipinski definition) is 0. The number of carbonyl (C=O) groups excluding carboxylic acids is 1. The van der Waals surface area contributed by atoms with Crippen molar-refractivity contribution >= 4 is 5.97 Å². The zero-order valence-electron chi connectivity index (χ0n) is 4.22. The Kier molecular flexibility index (Phi) is 1.20. The monoisotopic (exact) mass is 113 g/mol. The van der Waals surface area contributed by atoms with Gasteiger partial charge in [-0.3, -0.25) is 0 Å². The minimum atomic E-state index is -0.458. The van der Waals surface area contributed by atoms with E-state index >= 15 is 0 Å². The van der Waals surface area contributed by atoms with Crippen molar-refractivity contribution in [3.63, 3.8) is 0 Å². The van der Waals surface area contributed by atoms with E-state index in [2.05, 4.69) is 4.74 Å². The minimum absolute atomic E-state index is 0.255. The van der Waals surface area contributed by atoms with Gasteiger partial charge in [-0.15, -0.1) is 6.26 Å². The second-order valence-corrected chi connectivity index (χ2v) is 1.53. The van der Waals surface area contributed by atoms with Crippen LogP contribution in [0.5, 0.6) is 0 Å². The molecular weight excluding hydrogens is 108 g/mol. The summed E-state index contributed by atoms with van der Waals surface area (Å²) in [5.41, 5.74) is 0.255. The van der Waals surface area contributed by atoms with Gasteiger partial charge in [0.2, 0.25) is 0 Å². The van der Waals surface area contributed by atoms with Crippen molar-refractivity contribution in [2.24, 2.45) is 0 Å². The lowest BCUT2D eigenvalue weighted by Gasteiger charge is -1.91. The Hall–Kier alpha value is -0.990. The lowest BCUT2D eigenvalue weighted by Crippen LogP contribution is -1.99. The maximum Gasteiger partial charge on any atom is 0.332 e. The van der Waals surface area contributed by atoms with Crippen LogP contribution in [-0.2, 0) is 9.53 Å². The minimum Gasteiger partial charge on any atom is -0.878 e. The molecule has 0 N–H and O–H groups in total. The molecule has 1 saturated heterocycles. The van der Waals surface area contributed by atoms with Crippen LogP contribution in [0.4, 0.5) is 0 Å². The van der Waals surface area contributed by atoms with Gasteiger partial charge in [0, 0.05) is 12.0 Å². The second kappa shape index (κ2) is 1.86. The highest BCUT2D eigenvalue weighted by atomic mass is 16.5. The first kappa shape index (κ1) is 5.15. The third-order valence-corrected chi connectivity index (χ3v) is 1.01. The molecule has 0 amide bonds. The molecule has 0 aromatic carbocycles. The fraction of sp³-hybridized carbons (Fsp3) is 0.400. The fourth-order valence-corrected chi connectivity index (χ4v) is 0.555. The van der Waals surface area contributed by atoms with E-state index in [1.165, 1.54) is 0 Å². The van der Waals surface area contributed by atoms with Gasteiger partial charge in [-0.05, 0) is 0 Å². The molecule has 3 nitrogen and oxygen atoms in total. The third kappa shape index (κ3) is 0.665. The molecular formula is C5H5O3-. The Labute approximate surface area is 46.6 Å². The van der Waals surface area contributed by atoms with E-state index in [1.807, 2.05) is 0 Å². The normalized spacial score (nSPS) is 24.0. The molecule has 3 heteroatoms. The molecule has 0 spiro atoms. The number of esters is 1. The van der Waals surface area contributed by atoms with Gasteiger partial charge in [-0.2, -0.15) is 0 Å². The highest BCUT2D eigenvalue weighted by Gasteiger charge is 2.15. The SMILES string of the molecule is O=C1OCC/C1=C/[O-]. The molecule has 8 heavy (non-hydrogen) atoms. The van der Waals surface area contributed by atoms with E-state index in [-0.39, 0.29) is 5.57 Å². The van der Waals surface area contributed by atoms with E-state index in [0.717, 1.165) is 0 Å². The van der Waals surface area contributed by atoms with Crippen LogP contribution in [0.15, 0.2) is 11.8 Å². The van der Waals surface area contributed by atoms with E-state index in [9.17, 15) is 9.90 Å². The van der Waals surface area contributed by atoms with E-state index < -0.39 is 5.97 Å². The Bertz CT molecular complexity index is 137. The standard InChI is InChI=1S/C5H6O3/c6-3-4-1-2-8-5(4)7/h3,6H,1-2H2/p-1/b4-3-. The van der Waals surface area contributed by atoms with Crippen molar-refractivity contribution in [2.45, 2.75) is 6.42 Å². The summed E-state index contributed by atoms with van der Waals surface area (Å²) in [6, 6.07) is 0. The molecule has 44 valence electrons. The van der Waals surface area contributed by atoms with Gasteiger partial charge >= 0.3 is 5.97 Å². The van der Waals surface area contributed by atoms with Crippen LogP contribution < -0.4 is 5.11 Å². The zero-order chi connectivity index (χ0) is 5.98. The van der Waals surface area contributed by atoms with Crippen molar-refractivity contribution in [3.05, 3.63) is 11.8 Å². The summed E-state index contributed by atoms with van der Waals surface area (Å²) in [6.07, 6.45) is 1.03. The van der Waals surface area contributed by atoms with E-state index in [4.69, 9.17) is 0 Å². The topological polar surface area (TPSA) is 49.4 Å². The third-order valence-electron chi connectivity index (χ3n) is 1.01. The van der Waals surface area contributed by atoms with Gasteiger partial charge in [-0.25, -0.2) is 4.79 Å². The molecule has 0 saturated carbocycles. The first-order valence-corrected chi connectivity index (χ1v) is 2.32. The van der Waals surface area contributed by atoms with Crippen LogP contribution in [0.2, 0.25) is 0 Å². The molecule has 1 aliphatic rings. The summed E-state index contributed by atoms with van der Waals surface area (Å²) >= 11 is 0. The Morgan fingerprint density at radius 2 is 2.50 bits per heavy atom. The molecule has 0 aliphatic carbocycles. The summed E-state index contributed by atoms with van der Waals surface area (Å²) in [6.45, 7) is 0.368. The molecule has 0 bridgehead atoms. The van der Waals surface area contributed by atoms with Gasteiger partial charge in [0.25, 0.3) is 0 Å². The number of cyclic esters (lactones) is 1. The zero-order valence-corrected chi connectivity index (χ0v) is 4.22. The smallest absolute Gasteiger partial charge is 0.332 e. The Morgan fingerprint density at radius 3 is 2.75 bits per heavy atom. The van der Waals surface area contributed by atoms with Crippen LogP contribution in [0, 0.1) is 0 Å². The van der Waals surface area contributed by atoms with Crippen molar-refractivity contribution in [1.29, 1.82) is 0 Å². The van der Waals surface area contributed by atoms with Gasteiger partial charge in [0.15, 0.2) is 0 Å². The molecule has 0 aromatic rings. The second-order valence-electron chi connectivity index (χ2n) is 1.53. The van der Waals surface area contributed by atoms with Crippen molar-refractivity contribution < 1.29 is 14.6 Å². The summed E-state index contributed by atoms with van der Waals surface area (Å²) in [5.74, 6) is -0.458. The average Bonchev–Trinajstić information content (AvgIpc) is 2.14. The number of rotatable bonds is 0. The lowest BCUT2D eigenvalue weighted by molar-refractivity contribution is -0.276. The summed E-state index contributed by atoms with van der Waals surface area (Å²) in [4.78, 5) is 10.3. The van der Waals surface area contributed by atoms with Gasteiger partial charge < -0.3 is 9.84 Å². The Balaban J connectivity index is 2.69. The lowest BCUT2D eigenvalue weighted by atomic mass is 10.3. The maximum atomic E-state index is 10.3. The maximum absolute atomic E-state index is 10.3. The van der Waals surface area contributed by atoms with Crippen LogP contribution in [0.3, 0.4) is 0 Å². The molecule has 1 fully saturated rings. The van der Waals surface area contributed by atoms with Crippen molar-refractivity contribution in [1.82, 2.24) is 0 Å². The largest absolute Gasteiger partial charge is 0.878 e. The molecule has 1 heterocycles. The van der Waals surface area contributed by atoms with Gasteiger partial charge in [-0.1, -0.05) is 0 Å². The average molecular weight is 113 g/mol. The number of hydrogen-bond acceptors (Lipinski definition) is 3. The molecule has 0 unspecified atom stereocenters. The molecule has 0 radical (unpaired) electrons. The van der Waals surface area contributed by atoms with Crippen molar-refractivity contribution in [2.75, 3.05) is 6.61 Å².